The van der Waals surface area contributed by atoms with Gasteiger partial charge in [0.15, 0.2) is 0 Å². The number of ether oxygens (including phenoxy) is 1. The Morgan fingerprint density at radius 2 is 2.12 bits per heavy atom. The summed E-state index contributed by atoms with van der Waals surface area (Å²) in [4.78, 5) is 4.22. The fourth-order valence-corrected chi connectivity index (χ4v) is 2.71. The summed E-state index contributed by atoms with van der Waals surface area (Å²) in [7, 11) is 1.91. The molecule has 16 heavy (non-hydrogen) atoms. The molecule has 0 aliphatic heterocycles. The molecule has 4 nitrogen and oxygen atoms in total. The van der Waals surface area contributed by atoms with Crippen LogP contribution in [0.2, 0.25) is 0 Å². The molecule has 0 amide bonds. The Morgan fingerprint density at radius 1 is 1.44 bits per heavy atom. The van der Waals surface area contributed by atoms with Crippen molar-refractivity contribution in [1.29, 1.82) is 0 Å². The third-order valence-corrected chi connectivity index (χ3v) is 3.35. The van der Waals surface area contributed by atoms with E-state index in [1.54, 1.807) is 6.20 Å². The van der Waals surface area contributed by atoms with E-state index in [9.17, 15) is 5.11 Å². The van der Waals surface area contributed by atoms with Crippen LogP contribution in [0, 0.1) is 0 Å². The summed E-state index contributed by atoms with van der Waals surface area (Å²) in [5, 5.41) is 9.46. The Kier molecular flexibility index (Phi) is 3.19. The first-order valence-corrected chi connectivity index (χ1v) is 6.05. The van der Waals surface area contributed by atoms with Gasteiger partial charge in [-0.05, 0) is 19.8 Å². The quantitative estimate of drug-likeness (QED) is 0.857. The molecule has 4 heteroatoms. The summed E-state index contributed by atoms with van der Waals surface area (Å²) in [6.45, 7) is 2.70. The molecule has 0 unspecified atom stereocenters. The van der Waals surface area contributed by atoms with E-state index in [0.29, 0.717) is 6.61 Å². The van der Waals surface area contributed by atoms with Crippen LogP contribution < -0.4 is 0 Å². The largest absolute Gasteiger partial charge is 0.492 e. The van der Waals surface area contributed by atoms with Crippen LogP contribution in [0.25, 0.3) is 0 Å². The third-order valence-electron chi connectivity index (χ3n) is 3.35. The fourth-order valence-electron chi connectivity index (χ4n) is 2.71. The molecule has 0 bridgehead atoms. The van der Waals surface area contributed by atoms with Gasteiger partial charge in [0.1, 0.15) is 11.4 Å². The van der Waals surface area contributed by atoms with E-state index in [1.807, 2.05) is 18.5 Å². The zero-order valence-electron chi connectivity index (χ0n) is 10.1. The van der Waals surface area contributed by atoms with Gasteiger partial charge in [-0.3, -0.25) is 0 Å². The van der Waals surface area contributed by atoms with Crippen molar-refractivity contribution in [1.82, 2.24) is 9.55 Å². The van der Waals surface area contributed by atoms with Gasteiger partial charge in [-0.25, -0.2) is 0 Å². The van der Waals surface area contributed by atoms with Crippen molar-refractivity contribution in [3.8, 4) is 5.88 Å². The predicted octanol–water partition coefficient (Wildman–Crippen LogP) is 2.32. The Labute approximate surface area is 96.3 Å². The number of nitrogens with zero attached hydrogens (tertiary/aromatic N) is 2. The summed E-state index contributed by atoms with van der Waals surface area (Å²) in [6, 6.07) is 0. The van der Waals surface area contributed by atoms with E-state index in [1.165, 1.54) is 19.3 Å². The number of hydrogen-bond acceptors (Lipinski definition) is 3. The molecular weight excluding hydrogens is 204 g/mol. The lowest BCUT2D eigenvalue weighted by Crippen LogP contribution is -2.35. The minimum Gasteiger partial charge on any atom is -0.492 e. The summed E-state index contributed by atoms with van der Waals surface area (Å²) in [5.74, 6) is 0.953. The van der Waals surface area contributed by atoms with E-state index in [0.717, 1.165) is 18.7 Å². The summed E-state index contributed by atoms with van der Waals surface area (Å²) >= 11 is 0. The first-order valence-electron chi connectivity index (χ1n) is 6.05. The summed E-state index contributed by atoms with van der Waals surface area (Å²) in [6.07, 6.45) is 7.27. The molecule has 0 aromatic carbocycles. The van der Waals surface area contributed by atoms with Crippen molar-refractivity contribution in [2.75, 3.05) is 6.61 Å². The standard InChI is InChI=1S/C12H20N2O2/c1-3-16-12(7-5-4-6-8-12)11-13-10(15)9-14(11)2/h9,15H,3-8H2,1-2H3. The minimum absolute atomic E-state index is 0.0853. The smallest absolute Gasteiger partial charge is 0.229 e. The average molecular weight is 224 g/mol. The monoisotopic (exact) mass is 224 g/mol. The first kappa shape index (κ1) is 11.5. The molecule has 1 fully saturated rings. The molecule has 1 N–H and O–H groups in total. The zero-order chi connectivity index (χ0) is 11.6. The van der Waals surface area contributed by atoms with Gasteiger partial charge in [0, 0.05) is 13.7 Å². The van der Waals surface area contributed by atoms with E-state index in [-0.39, 0.29) is 11.5 Å². The summed E-state index contributed by atoms with van der Waals surface area (Å²) < 4.78 is 7.84. The topological polar surface area (TPSA) is 47.3 Å². The van der Waals surface area contributed by atoms with Crippen molar-refractivity contribution in [2.45, 2.75) is 44.6 Å². The second-order valence-corrected chi connectivity index (χ2v) is 4.52. The van der Waals surface area contributed by atoms with Gasteiger partial charge >= 0.3 is 0 Å². The number of rotatable bonds is 3. The van der Waals surface area contributed by atoms with Crippen molar-refractivity contribution < 1.29 is 9.84 Å². The first-order chi connectivity index (χ1) is 7.68. The van der Waals surface area contributed by atoms with Gasteiger partial charge in [-0.1, -0.05) is 19.3 Å². The van der Waals surface area contributed by atoms with Gasteiger partial charge in [-0.15, -0.1) is 0 Å². The fraction of sp³-hybridized carbons (Fsp3) is 0.750. The van der Waals surface area contributed by atoms with Crippen LogP contribution in [0.5, 0.6) is 5.88 Å². The van der Waals surface area contributed by atoms with Crippen molar-refractivity contribution >= 4 is 0 Å². The molecule has 1 heterocycles. The van der Waals surface area contributed by atoms with Gasteiger partial charge in [-0.2, -0.15) is 4.98 Å². The molecule has 1 saturated carbocycles. The predicted molar refractivity (Wildman–Crippen MR) is 61.3 cm³/mol. The Morgan fingerprint density at radius 3 is 2.62 bits per heavy atom. The lowest BCUT2D eigenvalue weighted by atomic mass is 9.84. The second-order valence-electron chi connectivity index (χ2n) is 4.52. The van der Waals surface area contributed by atoms with Gasteiger partial charge in [0.05, 0.1) is 6.20 Å². The highest BCUT2D eigenvalue weighted by molar-refractivity contribution is 5.14. The van der Waals surface area contributed by atoms with E-state index < -0.39 is 0 Å². The second kappa shape index (κ2) is 4.45. The van der Waals surface area contributed by atoms with E-state index in [2.05, 4.69) is 4.98 Å². The number of aromatic hydroxyl groups is 1. The van der Waals surface area contributed by atoms with Crippen molar-refractivity contribution in [3.63, 3.8) is 0 Å². The van der Waals surface area contributed by atoms with E-state index >= 15 is 0 Å². The average Bonchev–Trinajstić information content (AvgIpc) is 2.60. The number of aromatic nitrogens is 2. The van der Waals surface area contributed by atoms with Crippen molar-refractivity contribution in [2.24, 2.45) is 7.05 Å². The molecule has 0 saturated heterocycles. The van der Waals surface area contributed by atoms with Gasteiger partial charge in [0.25, 0.3) is 0 Å². The van der Waals surface area contributed by atoms with Crippen LogP contribution in [0.4, 0.5) is 0 Å². The highest BCUT2D eigenvalue weighted by Gasteiger charge is 2.38. The van der Waals surface area contributed by atoms with Crippen LogP contribution in [0.3, 0.4) is 0 Å². The lowest BCUT2D eigenvalue weighted by molar-refractivity contribution is -0.0784. The number of imidazole rings is 1. The zero-order valence-corrected chi connectivity index (χ0v) is 10.1. The third kappa shape index (κ3) is 1.94. The van der Waals surface area contributed by atoms with Crippen LogP contribution >= 0.6 is 0 Å². The Hall–Kier alpha value is -1.03. The number of hydrogen-bond donors (Lipinski definition) is 1. The SMILES string of the molecule is CCOC1(c2nc(O)cn2C)CCCCC1. The highest BCUT2D eigenvalue weighted by Crippen LogP contribution is 2.40. The Bertz CT molecular complexity index is 348. The van der Waals surface area contributed by atoms with Crippen LogP contribution in [-0.4, -0.2) is 21.3 Å². The molecule has 0 radical (unpaired) electrons. The maximum absolute atomic E-state index is 9.46. The molecule has 90 valence electrons. The van der Waals surface area contributed by atoms with Crippen LogP contribution in [-0.2, 0) is 17.4 Å². The molecule has 0 spiro atoms. The Balaban J connectivity index is 2.34. The molecule has 1 aromatic rings. The minimum atomic E-state index is -0.275. The molecule has 0 atom stereocenters. The lowest BCUT2D eigenvalue weighted by Gasteiger charge is -2.36. The molecular formula is C12H20N2O2. The highest BCUT2D eigenvalue weighted by atomic mass is 16.5. The summed E-state index contributed by atoms with van der Waals surface area (Å²) in [5.41, 5.74) is -0.275. The molecule has 1 aliphatic rings. The van der Waals surface area contributed by atoms with Gasteiger partial charge in [0.2, 0.25) is 5.88 Å². The van der Waals surface area contributed by atoms with Gasteiger partial charge < -0.3 is 14.4 Å². The normalized spacial score (nSPS) is 19.9. The number of aryl methyl sites for hydroxylation is 1. The van der Waals surface area contributed by atoms with Crippen LogP contribution in [0.1, 0.15) is 44.9 Å². The van der Waals surface area contributed by atoms with Crippen molar-refractivity contribution in [3.05, 3.63) is 12.0 Å². The molecule has 2 rings (SSSR count). The maximum atomic E-state index is 9.46. The molecule has 1 aliphatic carbocycles. The maximum Gasteiger partial charge on any atom is 0.229 e. The van der Waals surface area contributed by atoms with Crippen LogP contribution in [0.15, 0.2) is 6.20 Å². The van der Waals surface area contributed by atoms with E-state index in [4.69, 9.17) is 4.74 Å². The molecule has 1 aromatic heterocycles.